The van der Waals surface area contributed by atoms with Crippen LogP contribution in [0.25, 0.3) is 0 Å². The number of carbonyl (C=O) groups is 2. The van der Waals surface area contributed by atoms with Gasteiger partial charge in [0.15, 0.2) is 0 Å². The number of rotatable bonds is 14. The summed E-state index contributed by atoms with van der Waals surface area (Å²) in [6.07, 6.45) is -1.36. The van der Waals surface area contributed by atoms with E-state index in [9.17, 15) is 9.59 Å². The van der Waals surface area contributed by atoms with Crippen LogP contribution in [-0.2, 0) is 28.5 Å². The molecule has 1 aromatic carbocycles. The van der Waals surface area contributed by atoms with E-state index in [-0.39, 0.29) is 13.2 Å². The van der Waals surface area contributed by atoms with Gasteiger partial charge >= 0.3 is 11.9 Å². The van der Waals surface area contributed by atoms with Gasteiger partial charge in [-0.1, -0.05) is 13.2 Å². The summed E-state index contributed by atoms with van der Waals surface area (Å²) in [5.41, 5.74) is 0.632. The molecule has 2 unspecified atom stereocenters. The third-order valence-electron chi connectivity index (χ3n) is 3.48. The molecule has 0 aromatic heterocycles. The van der Waals surface area contributed by atoms with Crippen LogP contribution in [-0.4, -0.2) is 50.9 Å². The smallest absolute Gasteiger partial charge is 0.335 e. The van der Waals surface area contributed by atoms with Crippen molar-refractivity contribution in [2.45, 2.75) is 40.3 Å². The molecule has 0 aliphatic heterocycles. The summed E-state index contributed by atoms with van der Waals surface area (Å²) >= 11 is 0. The van der Waals surface area contributed by atoms with E-state index in [1.54, 1.807) is 52.0 Å². The summed E-state index contributed by atoms with van der Waals surface area (Å²) in [4.78, 5) is 22.7. The monoisotopic (exact) mass is 422 g/mol. The lowest BCUT2D eigenvalue weighted by Gasteiger charge is -2.15. The Morgan fingerprint density at radius 3 is 1.37 bits per heavy atom. The van der Waals surface area contributed by atoms with Gasteiger partial charge in [0.2, 0.25) is 12.6 Å². The van der Waals surface area contributed by atoms with Crippen LogP contribution in [0.3, 0.4) is 0 Å². The molecule has 0 fully saturated rings. The number of carbonyl (C=O) groups excluding carboxylic acids is 2. The Hall–Kier alpha value is -2.84. The van der Waals surface area contributed by atoms with E-state index in [1.165, 1.54) is 0 Å². The molecular formula is C22H30O8. The van der Waals surface area contributed by atoms with Gasteiger partial charge in [-0.2, -0.15) is 0 Å². The molecule has 8 nitrogen and oxygen atoms in total. The normalized spacial score (nSPS) is 12.4. The van der Waals surface area contributed by atoms with Crippen LogP contribution in [0.5, 0.6) is 11.5 Å². The minimum atomic E-state index is -0.678. The van der Waals surface area contributed by atoms with Gasteiger partial charge in [0.25, 0.3) is 0 Å². The zero-order valence-corrected chi connectivity index (χ0v) is 18.0. The maximum absolute atomic E-state index is 11.4. The molecule has 0 N–H and O–H groups in total. The van der Waals surface area contributed by atoms with Crippen LogP contribution in [0.2, 0.25) is 0 Å². The van der Waals surface area contributed by atoms with Crippen LogP contribution < -0.4 is 9.47 Å². The van der Waals surface area contributed by atoms with Crippen LogP contribution >= 0.6 is 0 Å². The molecule has 1 aromatic rings. The van der Waals surface area contributed by atoms with Gasteiger partial charge in [-0.25, -0.2) is 9.59 Å². The zero-order valence-electron chi connectivity index (χ0n) is 18.0. The quantitative estimate of drug-likeness (QED) is 0.195. The Bertz CT molecular complexity index is 649. The lowest BCUT2D eigenvalue weighted by atomic mass is 10.3. The van der Waals surface area contributed by atoms with E-state index in [1.807, 2.05) is 0 Å². The van der Waals surface area contributed by atoms with Gasteiger partial charge in [0.1, 0.15) is 24.7 Å². The Labute approximate surface area is 177 Å². The van der Waals surface area contributed by atoms with Crippen molar-refractivity contribution in [3.63, 3.8) is 0 Å². The Morgan fingerprint density at radius 1 is 0.733 bits per heavy atom. The van der Waals surface area contributed by atoms with E-state index >= 15 is 0 Å². The predicted molar refractivity (Wildman–Crippen MR) is 110 cm³/mol. The molecular weight excluding hydrogens is 392 g/mol. The number of hydrogen-bond acceptors (Lipinski definition) is 8. The third-order valence-corrected chi connectivity index (χ3v) is 3.48. The van der Waals surface area contributed by atoms with Crippen molar-refractivity contribution in [3.8, 4) is 11.5 Å². The van der Waals surface area contributed by atoms with Gasteiger partial charge in [0, 0.05) is 11.1 Å². The van der Waals surface area contributed by atoms with Crippen molar-refractivity contribution in [3.05, 3.63) is 48.6 Å². The zero-order chi connectivity index (χ0) is 22.5. The highest BCUT2D eigenvalue weighted by atomic mass is 16.7. The molecule has 0 spiro atoms. The van der Waals surface area contributed by atoms with Gasteiger partial charge in [-0.05, 0) is 52.0 Å². The maximum atomic E-state index is 11.4. The molecule has 0 saturated carbocycles. The molecule has 0 aliphatic rings. The largest absolute Gasteiger partial charge is 0.491 e. The van der Waals surface area contributed by atoms with Gasteiger partial charge in [-0.15, -0.1) is 0 Å². The van der Waals surface area contributed by atoms with Crippen LogP contribution in [0, 0.1) is 0 Å². The second-order valence-electron chi connectivity index (χ2n) is 6.42. The Balaban J connectivity index is 2.19. The first-order valence-corrected chi connectivity index (χ1v) is 9.51. The summed E-state index contributed by atoms with van der Waals surface area (Å²) < 4.78 is 31.8. The van der Waals surface area contributed by atoms with E-state index in [2.05, 4.69) is 13.2 Å². The van der Waals surface area contributed by atoms with Crippen molar-refractivity contribution < 1.29 is 38.0 Å². The SMILES string of the molecule is C=C(C)C(=O)OC(C)OCCOc1ccc(OCCOC(C)OC(=O)C(=C)C)cc1. The minimum Gasteiger partial charge on any atom is -0.491 e. The Kier molecular flexibility index (Phi) is 11.3. The molecule has 2 atom stereocenters. The summed E-state index contributed by atoms with van der Waals surface area (Å²) in [7, 11) is 0. The van der Waals surface area contributed by atoms with Crippen molar-refractivity contribution in [1.82, 2.24) is 0 Å². The molecule has 0 radical (unpaired) electrons. The average Bonchev–Trinajstić information content (AvgIpc) is 2.69. The second-order valence-corrected chi connectivity index (χ2v) is 6.42. The number of hydrogen-bond donors (Lipinski definition) is 0. The van der Waals surface area contributed by atoms with Gasteiger partial charge in [0.05, 0.1) is 13.2 Å². The number of ether oxygens (including phenoxy) is 6. The van der Waals surface area contributed by atoms with E-state index in [4.69, 9.17) is 28.4 Å². The Morgan fingerprint density at radius 2 is 1.07 bits per heavy atom. The highest BCUT2D eigenvalue weighted by Gasteiger charge is 2.11. The summed E-state index contributed by atoms with van der Waals surface area (Å²) in [6, 6.07) is 7.05. The lowest BCUT2D eigenvalue weighted by Crippen LogP contribution is -2.21. The fourth-order valence-corrected chi connectivity index (χ4v) is 1.95. The molecule has 8 heteroatoms. The molecule has 0 saturated heterocycles. The van der Waals surface area contributed by atoms with Crippen LogP contribution in [0.4, 0.5) is 0 Å². The number of esters is 2. The minimum absolute atomic E-state index is 0.258. The highest BCUT2D eigenvalue weighted by Crippen LogP contribution is 2.17. The number of benzene rings is 1. The maximum Gasteiger partial charge on any atom is 0.335 e. The summed E-state index contributed by atoms with van der Waals surface area (Å²) in [5, 5.41) is 0. The third kappa shape index (κ3) is 10.6. The van der Waals surface area contributed by atoms with Crippen LogP contribution in [0.1, 0.15) is 27.7 Å². The molecule has 0 bridgehead atoms. The second kappa shape index (κ2) is 13.4. The predicted octanol–water partition coefficient (Wildman–Crippen LogP) is 3.41. The van der Waals surface area contributed by atoms with Crippen molar-refractivity contribution >= 4 is 11.9 Å². The first-order chi connectivity index (χ1) is 14.2. The molecule has 1 rings (SSSR count). The topological polar surface area (TPSA) is 89.5 Å². The first-order valence-electron chi connectivity index (χ1n) is 9.51. The molecule has 0 heterocycles. The van der Waals surface area contributed by atoms with E-state index in [0.29, 0.717) is 35.9 Å². The van der Waals surface area contributed by atoms with Crippen LogP contribution in [0.15, 0.2) is 48.6 Å². The molecule has 0 aliphatic carbocycles. The molecule has 0 amide bonds. The lowest BCUT2D eigenvalue weighted by molar-refractivity contribution is -0.172. The molecule has 166 valence electrons. The standard InChI is InChI=1S/C22H30O8/c1-15(2)21(23)29-17(5)25-11-13-27-19-7-9-20(10-8-19)28-14-12-26-18(6)30-22(24)16(3)4/h7-10,17-18H,1,3,11-14H2,2,4-6H3. The fraction of sp³-hybridized carbons (Fsp3) is 0.455. The van der Waals surface area contributed by atoms with Gasteiger partial charge in [-0.3, -0.25) is 0 Å². The van der Waals surface area contributed by atoms with E-state index in [0.717, 1.165) is 0 Å². The average molecular weight is 422 g/mol. The highest BCUT2D eigenvalue weighted by molar-refractivity contribution is 5.87. The fourth-order valence-electron chi connectivity index (χ4n) is 1.95. The molecule has 30 heavy (non-hydrogen) atoms. The summed E-state index contributed by atoms with van der Waals surface area (Å²) in [5.74, 6) is 0.307. The van der Waals surface area contributed by atoms with Gasteiger partial charge < -0.3 is 28.4 Å². The van der Waals surface area contributed by atoms with E-state index < -0.39 is 24.5 Å². The van der Waals surface area contributed by atoms with Crippen molar-refractivity contribution in [2.24, 2.45) is 0 Å². The summed E-state index contributed by atoms with van der Waals surface area (Å²) in [6.45, 7) is 14.5. The first kappa shape index (κ1) is 25.2. The van der Waals surface area contributed by atoms with Crippen molar-refractivity contribution in [1.29, 1.82) is 0 Å². The van der Waals surface area contributed by atoms with Crippen molar-refractivity contribution in [2.75, 3.05) is 26.4 Å².